The monoisotopic (exact) mass is 329 g/mol. The molecule has 6 nitrogen and oxygen atoms in total. The highest BCUT2D eigenvalue weighted by Gasteiger charge is 2.30. The molecule has 128 valence electrons. The summed E-state index contributed by atoms with van der Waals surface area (Å²) in [6.45, 7) is 0. The largest absolute Gasteiger partial charge is 0.469 e. The van der Waals surface area contributed by atoms with Crippen LogP contribution in [0.2, 0.25) is 0 Å². The minimum atomic E-state index is -0.348. The Hall–Kier alpha value is -2.55. The van der Waals surface area contributed by atoms with Crippen molar-refractivity contribution in [2.45, 2.75) is 44.6 Å². The van der Waals surface area contributed by atoms with Gasteiger partial charge in [0, 0.05) is 11.7 Å². The highest BCUT2D eigenvalue weighted by atomic mass is 16.5. The second kappa shape index (κ2) is 8.92. The van der Waals surface area contributed by atoms with Crippen molar-refractivity contribution in [2.24, 2.45) is 5.92 Å². The molecule has 1 aliphatic rings. The summed E-state index contributed by atoms with van der Waals surface area (Å²) in [6.07, 6.45) is 5.67. The lowest BCUT2D eigenvalue weighted by Gasteiger charge is -2.28. The van der Waals surface area contributed by atoms with E-state index in [2.05, 4.69) is 10.6 Å². The van der Waals surface area contributed by atoms with E-state index in [4.69, 9.17) is 10.00 Å². The summed E-state index contributed by atoms with van der Waals surface area (Å²) >= 11 is 0. The van der Waals surface area contributed by atoms with Crippen LogP contribution in [0.25, 0.3) is 0 Å². The number of nitrogens with one attached hydrogen (secondary N) is 2. The second-order valence-electron chi connectivity index (χ2n) is 6.02. The van der Waals surface area contributed by atoms with Crippen molar-refractivity contribution in [1.29, 1.82) is 5.26 Å². The second-order valence-corrected chi connectivity index (χ2v) is 6.02. The van der Waals surface area contributed by atoms with Gasteiger partial charge in [0.05, 0.1) is 24.7 Å². The lowest BCUT2D eigenvalue weighted by molar-refractivity contribution is -0.146. The molecule has 2 rings (SSSR count). The first-order valence-corrected chi connectivity index (χ1v) is 8.29. The van der Waals surface area contributed by atoms with Gasteiger partial charge < -0.3 is 15.4 Å². The number of carbonyl (C=O) groups is 2. The quantitative estimate of drug-likeness (QED) is 0.833. The van der Waals surface area contributed by atoms with Gasteiger partial charge in [-0.3, -0.25) is 4.79 Å². The summed E-state index contributed by atoms with van der Waals surface area (Å²) < 4.78 is 4.90. The maximum atomic E-state index is 12.3. The van der Waals surface area contributed by atoms with Crippen LogP contribution in [0.3, 0.4) is 0 Å². The van der Waals surface area contributed by atoms with Crippen molar-refractivity contribution < 1.29 is 14.3 Å². The van der Waals surface area contributed by atoms with Crippen LogP contribution in [-0.2, 0) is 9.53 Å². The molecule has 0 radical (unpaired) electrons. The molecule has 2 atom stereocenters. The fourth-order valence-electron chi connectivity index (χ4n) is 3.05. The number of anilines is 1. The number of esters is 1. The zero-order valence-electron chi connectivity index (χ0n) is 13.9. The molecule has 0 bridgehead atoms. The Kier molecular flexibility index (Phi) is 6.62. The van der Waals surface area contributed by atoms with Gasteiger partial charge in [-0.1, -0.05) is 25.7 Å². The number of methoxy groups -OCH3 is 1. The summed E-state index contributed by atoms with van der Waals surface area (Å²) in [6, 6.07) is 8.09. The SMILES string of the molecule is COC(=O)[C@@H]1CCCCCC[C@@H]1NC(=O)Nc1ccc(C#N)cc1. The molecule has 0 unspecified atom stereocenters. The molecule has 1 aromatic rings. The standard InChI is InChI=1S/C18H23N3O3/c1-24-17(22)15-6-4-2-3-5-7-16(15)21-18(23)20-14-10-8-13(12-19)9-11-14/h8-11,15-16H,2-7H2,1H3,(H2,20,21,23)/t15-,16+/m1/s1. The van der Waals surface area contributed by atoms with E-state index in [1.54, 1.807) is 24.3 Å². The van der Waals surface area contributed by atoms with Gasteiger partial charge in [0.15, 0.2) is 0 Å². The molecule has 1 aliphatic carbocycles. The first kappa shape index (κ1) is 17.8. The molecule has 0 heterocycles. The third kappa shape index (κ3) is 4.98. The van der Waals surface area contributed by atoms with Crippen LogP contribution in [0.5, 0.6) is 0 Å². The smallest absolute Gasteiger partial charge is 0.319 e. The van der Waals surface area contributed by atoms with Crippen molar-refractivity contribution in [2.75, 3.05) is 12.4 Å². The van der Waals surface area contributed by atoms with Crippen LogP contribution in [0.1, 0.15) is 44.1 Å². The minimum absolute atomic E-state index is 0.226. The van der Waals surface area contributed by atoms with E-state index in [0.717, 1.165) is 38.5 Å². The molecule has 2 amide bonds. The third-order valence-corrected chi connectivity index (χ3v) is 4.36. The Morgan fingerprint density at radius 1 is 1.12 bits per heavy atom. The van der Waals surface area contributed by atoms with E-state index < -0.39 is 0 Å². The zero-order valence-corrected chi connectivity index (χ0v) is 13.9. The Balaban J connectivity index is 1.99. The number of amides is 2. The van der Waals surface area contributed by atoms with Gasteiger partial charge >= 0.3 is 12.0 Å². The van der Waals surface area contributed by atoms with Crippen molar-refractivity contribution >= 4 is 17.7 Å². The van der Waals surface area contributed by atoms with Crippen LogP contribution in [0, 0.1) is 17.2 Å². The average Bonchev–Trinajstić information content (AvgIpc) is 2.57. The van der Waals surface area contributed by atoms with E-state index in [1.165, 1.54) is 7.11 Å². The predicted molar refractivity (Wildman–Crippen MR) is 90.3 cm³/mol. The Morgan fingerprint density at radius 2 is 1.79 bits per heavy atom. The number of nitrogens with zero attached hydrogens (tertiary/aromatic N) is 1. The summed E-state index contributed by atoms with van der Waals surface area (Å²) in [7, 11) is 1.38. The van der Waals surface area contributed by atoms with Crippen LogP contribution in [0.15, 0.2) is 24.3 Å². The van der Waals surface area contributed by atoms with Gasteiger partial charge in [0.1, 0.15) is 0 Å². The normalized spacial score (nSPS) is 20.8. The Morgan fingerprint density at radius 3 is 2.42 bits per heavy atom. The summed E-state index contributed by atoms with van der Waals surface area (Å²) in [5.41, 5.74) is 1.14. The summed E-state index contributed by atoms with van der Waals surface area (Å²) in [5.74, 6) is -0.567. The lowest BCUT2D eigenvalue weighted by atomic mass is 9.87. The fourth-order valence-corrected chi connectivity index (χ4v) is 3.05. The molecular formula is C18H23N3O3. The predicted octanol–water partition coefficient (Wildman–Crippen LogP) is 3.19. The molecule has 0 aliphatic heterocycles. The number of nitriles is 1. The van der Waals surface area contributed by atoms with E-state index in [1.807, 2.05) is 6.07 Å². The van der Waals surface area contributed by atoms with Gasteiger partial charge in [0.2, 0.25) is 0 Å². The number of urea groups is 1. The third-order valence-electron chi connectivity index (χ3n) is 4.36. The van der Waals surface area contributed by atoms with Crippen molar-refractivity contribution in [3.63, 3.8) is 0 Å². The van der Waals surface area contributed by atoms with Crippen molar-refractivity contribution in [1.82, 2.24) is 5.32 Å². The topological polar surface area (TPSA) is 91.2 Å². The molecule has 2 N–H and O–H groups in total. The number of benzene rings is 1. The van der Waals surface area contributed by atoms with E-state index >= 15 is 0 Å². The van der Waals surface area contributed by atoms with Crippen LogP contribution in [-0.4, -0.2) is 25.2 Å². The van der Waals surface area contributed by atoms with E-state index in [0.29, 0.717) is 11.3 Å². The lowest BCUT2D eigenvalue weighted by Crippen LogP contribution is -2.45. The van der Waals surface area contributed by atoms with Gasteiger partial charge in [0.25, 0.3) is 0 Å². The maximum Gasteiger partial charge on any atom is 0.319 e. The first-order valence-electron chi connectivity index (χ1n) is 8.29. The van der Waals surface area contributed by atoms with Gasteiger partial charge in [-0.05, 0) is 37.1 Å². The van der Waals surface area contributed by atoms with Crippen LogP contribution < -0.4 is 10.6 Å². The van der Waals surface area contributed by atoms with E-state index in [-0.39, 0.29) is 24.0 Å². The number of carbonyl (C=O) groups excluding carboxylic acids is 2. The maximum absolute atomic E-state index is 12.3. The summed E-state index contributed by atoms with van der Waals surface area (Å²) in [5, 5.41) is 14.4. The molecule has 6 heteroatoms. The van der Waals surface area contributed by atoms with E-state index in [9.17, 15) is 9.59 Å². The molecule has 1 fully saturated rings. The highest BCUT2D eigenvalue weighted by molar-refractivity contribution is 5.90. The molecule has 0 saturated heterocycles. The molecular weight excluding hydrogens is 306 g/mol. The van der Waals surface area contributed by atoms with Crippen molar-refractivity contribution in [3.8, 4) is 6.07 Å². The van der Waals surface area contributed by atoms with Gasteiger partial charge in [-0.15, -0.1) is 0 Å². The summed E-state index contributed by atoms with van der Waals surface area (Å²) in [4.78, 5) is 24.3. The first-order chi connectivity index (χ1) is 11.6. The molecule has 0 aromatic heterocycles. The van der Waals surface area contributed by atoms with Crippen LogP contribution in [0.4, 0.5) is 10.5 Å². The number of hydrogen-bond donors (Lipinski definition) is 2. The highest BCUT2D eigenvalue weighted by Crippen LogP contribution is 2.24. The Bertz CT molecular complexity index is 607. The fraction of sp³-hybridized carbons (Fsp3) is 0.500. The van der Waals surface area contributed by atoms with Gasteiger partial charge in [-0.25, -0.2) is 4.79 Å². The molecule has 1 aromatic carbocycles. The number of rotatable bonds is 3. The molecule has 1 saturated carbocycles. The number of hydrogen-bond acceptors (Lipinski definition) is 4. The molecule has 0 spiro atoms. The minimum Gasteiger partial charge on any atom is -0.469 e. The van der Waals surface area contributed by atoms with Gasteiger partial charge in [-0.2, -0.15) is 5.26 Å². The number of ether oxygens (including phenoxy) is 1. The zero-order chi connectivity index (χ0) is 17.4. The van der Waals surface area contributed by atoms with Crippen LogP contribution >= 0.6 is 0 Å². The molecule has 24 heavy (non-hydrogen) atoms. The average molecular weight is 329 g/mol. The van der Waals surface area contributed by atoms with Crippen molar-refractivity contribution in [3.05, 3.63) is 29.8 Å². The Labute approximate surface area is 142 Å².